The van der Waals surface area contributed by atoms with Crippen LogP contribution in [0.15, 0.2) is 30.3 Å². The van der Waals surface area contributed by atoms with Crippen LogP contribution in [0.2, 0.25) is 0 Å². The summed E-state index contributed by atoms with van der Waals surface area (Å²) in [5, 5.41) is 11.9. The maximum absolute atomic E-state index is 12.1. The summed E-state index contributed by atoms with van der Waals surface area (Å²) in [4.78, 5) is 25.1. The van der Waals surface area contributed by atoms with Gasteiger partial charge in [-0.05, 0) is 18.9 Å². The van der Waals surface area contributed by atoms with Gasteiger partial charge in [0.15, 0.2) is 6.04 Å². The third-order valence-corrected chi connectivity index (χ3v) is 3.10. The third kappa shape index (κ3) is 4.57. The molecule has 0 unspecified atom stereocenters. The van der Waals surface area contributed by atoms with E-state index in [0.717, 1.165) is 12.8 Å². The number of amides is 2. The van der Waals surface area contributed by atoms with Crippen LogP contribution in [0.25, 0.3) is 0 Å². The highest BCUT2D eigenvalue weighted by atomic mass is 16.4. The zero-order chi connectivity index (χ0) is 15.0. The molecule has 0 aliphatic carbocycles. The molecule has 0 aromatic heterocycles. The maximum atomic E-state index is 12.1. The lowest BCUT2D eigenvalue weighted by Crippen LogP contribution is -2.44. The number of carbonyl (C=O) groups excluding carboxylic acids is 1. The largest absolute Gasteiger partial charge is 0.479 e. The molecule has 0 saturated heterocycles. The fraction of sp³-hybridized carbons (Fsp3) is 0.467. The Balaban J connectivity index is 2.75. The van der Waals surface area contributed by atoms with Gasteiger partial charge in [0.05, 0.1) is 0 Å². The van der Waals surface area contributed by atoms with E-state index >= 15 is 0 Å². The van der Waals surface area contributed by atoms with Crippen molar-refractivity contribution in [3.05, 3.63) is 35.9 Å². The molecule has 2 N–H and O–H groups in total. The lowest BCUT2D eigenvalue weighted by molar-refractivity contribution is -0.139. The van der Waals surface area contributed by atoms with E-state index in [1.807, 2.05) is 13.0 Å². The van der Waals surface area contributed by atoms with Gasteiger partial charge in [0.2, 0.25) is 0 Å². The summed E-state index contributed by atoms with van der Waals surface area (Å²) in [6.07, 6.45) is 1.90. The molecule has 0 spiro atoms. The fourth-order valence-electron chi connectivity index (χ4n) is 1.90. The molecule has 1 rings (SSSR count). The Morgan fingerprint density at radius 2 is 1.90 bits per heavy atom. The van der Waals surface area contributed by atoms with E-state index in [-0.39, 0.29) is 6.03 Å². The molecule has 5 nitrogen and oxygen atoms in total. The van der Waals surface area contributed by atoms with Crippen LogP contribution in [0.5, 0.6) is 0 Å². The van der Waals surface area contributed by atoms with Crippen LogP contribution in [-0.2, 0) is 4.79 Å². The number of urea groups is 1. The van der Waals surface area contributed by atoms with Gasteiger partial charge in [0, 0.05) is 13.1 Å². The molecule has 0 aliphatic heterocycles. The molecule has 2 amide bonds. The third-order valence-electron chi connectivity index (χ3n) is 3.10. The molecule has 0 radical (unpaired) electrons. The molecular formula is C15H22N2O3. The fourth-order valence-corrected chi connectivity index (χ4v) is 1.90. The van der Waals surface area contributed by atoms with Crippen molar-refractivity contribution in [2.24, 2.45) is 0 Å². The van der Waals surface area contributed by atoms with Gasteiger partial charge in [-0.3, -0.25) is 0 Å². The second-order valence-corrected chi connectivity index (χ2v) is 4.56. The monoisotopic (exact) mass is 278 g/mol. The van der Waals surface area contributed by atoms with Gasteiger partial charge >= 0.3 is 12.0 Å². The molecule has 1 aromatic rings. The number of unbranched alkanes of at least 4 members (excludes halogenated alkanes) is 1. The van der Waals surface area contributed by atoms with Crippen molar-refractivity contribution in [1.82, 2.24) is 10.2 Å². The molecule has 1 aromatic carbocycles. The quantitative estimate of drug-likeness (QED) is 0.805. The van der Waals surface area contributed by atoms with Crippen molar-refractivity contribution >= 4 is 12.0 Å². The van der Waals surface area contributed by atoms with E-state index < -0.39 is 12.0 Å². The van der Waals surface area contributed by atoms with Crippen molar-refractivity contribution in [3.63, 3.8) is 0 Å². The van der Waals surface area contributed by atoms with Gasteiger partial charge in [-0.25, -0.2) is 9.59 Å². The van der Waals surface area contributed by atoms with Crippen LogP contribution in [-0.4, -0.2) is 35.1 Å². The zero-order valence-electron chi connectivity index (χ0n) is 12.0. The first kappa shape index (κ1) is 16.0. The van der Waals surface area contributed by atoms with Crippen LogP contribution >= 0.6 is 0 Å². The number of benzene rings is 1. The maximum Gasteiger partial charge on any atom is 0.330 e. The number of aliphatic carboxylic acids is 1. The number of carbonyl (C=O) groups is 2. The summed E-state index contributed by atoms with van der Waals surface area (Å²) < 4.78 is 0. The first-order valence-corrected chi connectivity index (χ1v) is 6.93. The average Bonchev–Trinajstić information content (AvgIpc) is 2.46. The van der Waals surface area contributed by atoms with Gasteiger partial charge in [-0.2, -0.15) is 0 Å². The second-order valence-electron chi connectivity index (χ2n) is 4.56. The topological polar surface area (TPSA) is 69.6 Å². The minimum atomic E-state index is -1.06. The summed E-state index contributed by atoms with van der Waals surface area (Å²) in [6.45, 7) is 5.14. The number of carboxylic acid groups (broad SMARTS) is 1. The van der Waals surface area contributed by atoms with E-state index in [1.54, 1.807) is 29.2 Å². The Kier molecular flexibility index (Phi) is 6.56. The molecule has 0 bridgehead atoms. The smallest absolute Gasteiger partial charge is 0.330 e. The minimum Gasteiger partial charge on any atom is -0.479 e. The first-order chi connectivity index (χ1) is 9.60. The normalized spacial score (nSPS) is 11.7. The van der Waals surface area contributed by atoms with Crippen LogP contribution < -0.4 is 5.32 Å². The number of rotatable bonds is 7. The van der Waals surface area contributed by atoms with Crippen molar-refractivity contribution in [2.75, 3.05) is 13.1 Å². The van der Waals surface area contributed by atoms with Crippen molar-refractivity contribution < 1.29 is 14.7 Å². The SMILES string of the molecule is CCCCN(CC)C(=O)N[C@H](C(=O)O)c1ccccc1. The molecule has 0 saturated carbocycles. The van der Waals surface area contributed by atoms with Gasteiger partial charge in [0.1, 0.15) is 0 Å². The van der Waals surface area contributed by atoms with Crippen molar-refractivity contribution in [2.45, 2.75) is 32.7 Å². The molecule has 0 fully saturated rings. The van der Waals surface area contributed by atoms with Crippen molar-refractivity contribution in [3.8, 4) is 0 Å². The Morgan fingerprint density at radius 1 is 1.25 bits per heavy atom. The lowest BCUT2D eigenvalue weighted by atomic mass is 10.1. The average molecular weight is 278 g/mol. The number of nitrogens with zero attached hydrogens (tertiary/aromatic N) is 1. The number of carboxylic acids is 1. The molecule has 0 heterocycles. The van der Waals surface area contributed by atoms with E-state index in [0.29, 0.717) is 18.7 Å². The highest BCUT2D eigenvalue weighted by Gasteiger charge is 2.23. The van der Waals surface area contributed by atoms with Gasteiger partial charge in [-0.15, -0.1) is 0 Å². The van der Waals surface area contributed by atoms with Gasteiger partial charge in [0.25, 0.3) is 0 Å². The Bertz CT molecular complexity index is 434. The summed E-state index contributed by atoms with van der Waals surface area (Å²) in [5.41, 5.74) is 0.569. The summed E-state index contributed by atoms with van der Waals surface area (Å²) >= 11 is 0. The highest BCUT2D eigenvalue weighted by molar-refractivity contribution is 5.83. The molecule has 20 heavy (non-hydrogen) atoms. The Labute approximate surface area is 119 Å². The first-order valence-electron chi connectivity index (χ1n) is 6.93. The summed E-state index contributed by atoms with van der Waals surface area (Å²) in [6, 6.07) is 7.36. The van der Waals surface area contributed by atoms with Crippen molar-refractivity contribution in [1.29, 1.82) is 0 Å². The number of hydrogen-bond acceptors (Lipinski definition) is 2. The molecule has 1 atom stereocenters. The van der Waals surface area contributed by atoms with Gasteiger partial charge in [-0.1, -0.05) is 43.7 Å². The Morgan fingerprint density at radius 3 is 2.40 bits per heavy atom. The number of nitrogens with one attached hydrogen (secondary N) is 1. The van der Waals surface area contributed by atoms with E-state index in [2.05, 4.69) is 12.2 Å². The van der Waals surface area contributed by atoms with E-state index in [9.17, 15) is 14.7 Å². The predicted octanol–water partition coefficient (Wildman–Crippen LogP) is 2.64. The number of hydrogen-bond donors (Lipinski definition) is 2. The lowest BCUT2D eigenvalue weighted by Gasteiger charge is -2.24. The standard InChI is InChI=1S/C15H22N2O3/c1-3-5-11-17(4-2)15(20)16-13(14(18)19)12-9-7-6-8-10-12/h6-10,13H,3-5,11H2,1-2H3,(H,16,20)(H,18,19)/t13-/m0/s1. The predicted molar refractivity (Wildman–Crippen MR) is 77.5 cm³/mol. The summed E-state index contributed by atoms with van der Waals surface area (Å²) in [7, 11) is 0. The van der Waals surface area contributed by atoms with Gasteiger partial charge < -0.3 is 15.3 Å². The minimum absolute atomic E-state index is 0.336. The van der Waals surface area contributed by atoms with Crippen LogP contribution in [0.1, 0.15) is 38.3 Å². The molecule has 0 aliphatic rings. The van der Waals surface area contributed by atoms with E-state index in [1.165, 1.54) is 0 Å². The summed E-state index contributed by atoms with van der Waals surface area (Å²) in [5.74, 6) is -1.06. The van der Waals surface area contributed by atoms with Crippen LogP contribution in [0, 0.1) is 0 Å². The molecule has 5 heteroatoms. The zero-order valence-corrected chi connectivity index (χ0v) is 12.0. The van der Waals surface area contributed by atoms with E-state index in [4.69, 9.17) is 0 Å². The Hall–Kier alpha value is -2.04. The second kappa shape index (κ2) is 8.19. The highest BCUT2D eigenvalue weighted by Crippen LogP contribution is 2.13. The van der Waals surface area contributed by atoms with Crippen LogP contribution in [0.4, 0.5) is 4.79 Å². The molecular weight excluding hydrogens is 256 g/mol. The van der Waals surface area contributed by atoms with Crippen LogP contribution in [0.3, 0.4) is 0 Å². The molecule has 110 valence electrons.